The topological polar surface area (TPSA) is 88.4 Å². The Morgan fingerprint density at radius 3 is 2.34 bits per heavy atom. The highest BCUT2D eigenvalue weighted by molar-refractivity contribution is 6.30. The first-order valence-electron chi connectivity index (χ1n) is 9.36. The largest absolute Gasteiger partial charge is 0.489 e. The van der Waals surface area contributed by atoms with Gasteiger partial charge in [-0.25, -0.2) is 4.79 Å². The molecule has 0 aliphatic heterocycles. The van der Waals surface area contributed by atoms with Crippen LogP contribution in [0.4, 0.5) is 0 Å². The molecule has 0 unspecified atom stereocenters. The lowest BCUT2D eigenvalue weighted by Crippen LogP contribution is -2.46. The Labute approximate surface area is 174 Å². The number of amides is 1. The molecule has 7 heteroatoms. The van der Waals surface area contributed by atoms with Gasteiger partial charge < -0.3 is 14.8 Å². The lowest BCUT2D eigenvalue weighted by atomic mass is 10.00. The fourth-order valence-electron chi connectivity index (χ4n) is 3.20. The van der Waals surface area contributed by atoms with Crippen LogP contribution in [0.1, 0.15) is 41.6 Å². The van der Waals surface area contributed by atoms with Gasteiger partial charge in [-0.3, -0.25) is 4.79 Å². The Morgan fingerprint density at radius 1 is 1.07 bits per heavy atom. The zero-order chi connectivity index (χ0) is 20.7. The van der Waals surface area contributed by atoms with Gasteiger partial charge >= 0.3 is 5.97 Å². The van der Waals surface area contributed by atoms with Gasteiger partial charge in [-0.1, -0.05) is 23.7 Å². The maximum atomic E-state index is 12.1. The molecule has 1 fully saturated rings. The molecule has 2 aromatic rings. The quantitative estimate of drug-likeness (QED) is 0.693. The van der Waals surface area contributed by atoms with Crippen molar-refractivity contribution in [3.8, 4) is 11.8 Å². The first-order chi connectivity index (χ1) is 14.0. The molecule has 0 saturated heterocycles. The highest BCUT2D eigenvalue weighted by Gasteiger charge is 2.35. The van der Waals surface area contributed by atoms with E-state index in [9.17, 15) is 14.9 Å². The van der Waals surface area contributed by atoms with Gasteiger partial charge in [0.2, 0.25) is 0 Å². The summed E-state index contributed by atoms with van der Waals surface area (Å²) in [5.74, 6) is -0.362. The lowest BCUT2D eigenvalue weighted by molar-refractivity contribution is -0.125. The highest BCUT2D eigenvalue weighted by atomic mass is 35.5. The number of rotatable bonds is 7. The van der Waals surface area contributed by atoms with Crippen LogP contribution in [0.2, 0.25) is 5.02 Å². The van der Waals surface area contributed by atoms with Crippen LogP contribution in [0, 0.1) is 11.3 Å². The van der Waals surface area contributed by atoms with Gasteiger partial charge in [0, 0.05) is 5.02 Å². The molecule has 0 bridgehead atoms. The number of hydrogen-bond acceptors (Lipinski definition) is 5. The second-order valence-corrected chi connectivity index (χ2v) is 7.40. The van der Waals surface area contributed by atoms with Crippen LogP contribution in [0.3, 0.4) is 0 Å². The van der Waals surface area contributed by atoms with Crippen molar-refractivity contribution in [1.82, 2.24) is 5.32 Å². The van der Waals surface area contributed by atoms with Gasteiger partial charge in [0.05, 0.1) is 11.6 Å². The van der Waals surface area contributed by atoms with Crippen LogP contribution in [0.15, 0.2) is 48.5 Å². The van der Waals surface area contributed by atoms with Crippen LogP contribution in [0.25, 0.3) is 0 Å². The van der Waals surface area contributed by atoms with Crippen molar-refractivity contribution in [1.29, 1.82) is 5.26 Å². The predicted octanol–water partition coefficient (Wildman–Crippen LogP) is 4.03. The van der Waals surface area contributed by atoms with E-state index in [0.717, 1.165) is 18.4 Å². The molecule has 150 valence electrons. The molecule has 6 nitrogen and oxygen atoms in total. The Morgan fingerprint density at radius 2 is 1.72 bits per heavy atom. The fraction of sp³-hybridized carbons (Fsp3) is 0.318. The number of carbonyl (C=O) groups is 2. The summed E-state index contributed by atoms with van der Waals surface area (Å²) in [6.07, 6.45) is 3.06. The van der Waals surface area contributed by atoms with Crippen LogP contribution in [-0.2, 0) is 16.1 Å². The van der Waals surface area contributed by atoms with Crippen molar-refractivity contribution in [2.45, 2.75) is 37.8 Å². The van der Waals surface area contributed by atoms with E-state index < -0.39 is 24.0 Å². The second-order valence-electron chi connectivity index (χ2n) is 6.96. The maximum absolute atomic E-state index is 12.1. The Hall–Kier alpha value is -3.04. The van der Waals surface area contributed by atoms with Gasteiger partial charge in [-0.05, 0) is 67.6 Å². The maximum Gasteiger partial charge on any atom is 0.338 e. The van der Waals surface area contributed by atoms with Crippen molar-refractivity contribution in [2.75, 3.05) is 6.61 Å². The summed E-state index contributed by atoms with van der Waals surface area (Å²) in [7, 11) is 0. The average molecular weight is 413 g/mol. The van der Waals surface area contributed by atoms with E-state index in [1.54, 1.807) is 48.5 Å². The zero-order valence-electron chi connectivity index (χ0n) is 15.8. The van der Waals surface area contributed by atoms with Crippen molar-refractivity contribution >= 4 is 23.5 Å². The third-order valence-electron chi connectivity index (χ3n) is 4.79. The highest BCUT2D eigenvalue weighted by Crippen LogP contribution is 2.28. The van der Waals surface area contributed by atoms with Gasteiger partial charge in [-0.2, -0.15) is 5.26 Å². The van der Waals surface area contributed by atoms with E-state index in [2.05, 4.69) is 11.4 Å². The van der Waals surface area contributed by atoms with Gasteiger partial charge in [-0.15, -0.1) is 0 Å². The monoisotopic (exact) mass is 412 g/mol. The molecule has 1 N–H and O–H groups in total. The van der Waals surface area contributed by atoms with Crippen LogP contribution in [0.5, 0.6) is 5.75 Å². The predicted molar refractivity (Wildman–Crippen MR) is 107 cm³/mol. The second kappa shape index (κ2) is 9.44. The fourth-order valence-corrected chi connectivity index (χ4v) is 3.32. The van der Waals surface area contributed by atoms with Gasteiger partial charge in [0.15, 0.2) is 6.61 Å². The molecule has 0 spiro atoms. The first kappa shape index (κ1) is 20.7. The molecule has 1 aliphatic rings. The summed E-state index contributed by atoms with van der Waals surface area (Å²) in [5.41, 5.74) is 0.394. The van der Waals surface area contributed by atoms with Crippen molar-refractivity contribution in [2.24, 2.45) is 0 Å². The van der Waals surface area contributed by atoms with Crippen molar-refractivity contribution in [3.63, 3.8) is 0 Å². The third kappa shape index (κ3) is 5.72. The number of esters is 1. The first-order valence-corrected chi connectivity index (χ1v) is 9.74. The van der Waals surface area contributed by atoms with E-state index in [4.69, 9.17) is 21.1 Å². The molecule has 1 aliphatic carbocycles. The Kier molecular flexibility index (Phi) is 6.73. The number of nitriles is 1. The smallest absolute Gasteiger partial charge is 0.338 e. The van der Waals surface area contributed by atoms with Crippen molar-refractivity contribution in [3.05, 3.63) is 64.7 Å². The average Bonchev–Trinajstić information content (AvgIpc) is 3.21. The number of benzene rings is 2. The van der Waals surface area contributed by atoms with E-state index in [1.807, 2.05) is 0 Å². The van der Waals surface area contributed by atoms with Crippen LogP contribution < -0.4 is 10.1 Å². The molecule has 29 heavy (non-hydrogen) atoms. The summed E-state index contributed by atoms with van der Waals surface area (Å²) in [6, 6.07) is 16.0. The number of nitrogens with one attached hydrogen (secondary N) is 1. The minimum Gasteiger partial charge on any atom is -0.489 e. The number of halogens is 1. The van der Waals surface area contributed by atoms with E-state index in [0.29, 0.717) is 35.8 Å². The number of ether oxygens (including phenoxy) is 2. The lowest BCUT2D eigenvalue weighted by Gasteiger charge is -2.21. The van der Waals surface area contributed by atoms with Gasteiger partial charge in [0.25, 0.3) is 5.91 Å². The molecule has 0 heterocycles. The van der Waals surface area contributed by atoms with Crippen LogP contribution >= 0.6 is 11.6 Å². The van der Waals surface area contributed by atoms with E-state index in [1.165, 1.54) is 0 Å². The third-order valence-corrected chi connectivity index (χ3v) is 5.04. The Bertz CT molecular complexity index is 898. The molecule has 1 amide bonds. The number of nitrogens with zero attached hydrogens (tertiary/aromatic N) is 1. The van der Waals surface area contributed by atoms with Crippen molar-refractivity contribution < 1.29 is 19.1 Å². The SMILES string of the molecule is N#CC1(NC(=O)COC(=O)c2ccc(COc3ccc(Cl)cc3)cc2)CCCC1. The van der Waals surface area contributed by atoms with E-state index in [-0.39, 0.29) is 0 Å². The summed E-state index contributed by atoms with van der Waals surface area (Å²) >= 11 is 5.84. The molecule has 0 atom stereocenters. The minimum absolute atomic E-state index is 0.337. The molecule has 0 aromatic heterocycles. The molecular formula is C22H21ClN2O4. The summed E-state index contributed by atoms with van der Waals surface area (Å²) in [6.45, 7) is -0.0701. The molecule has 0 radical (unpaired) electrons. The van der Waals surface area contributed by atoms with Crippen LogP contribution in [-0.4, -0.2) is 24.0 Å². The standard InChI is InChI=1S/C22H21ClN2O4/c23-18-7-9-19(10-8-18)28-13-16-3-5-17(6-4-16)21(27)29-14-20(26)25-22(15-24)11-1-2-12-22/h3-10H,1-2,11-14H2,(H,25,26). The zero-order valence-corrected chi connectivity index (χ0v) is 16.6. The Balaban J connectivity index is 1.46. The minimum atomic E-state index is -0.824. The number of carbonyl (C=O) groups excluding carboxylic acids is 2. The summed E-state index contributed by atoms with van der Waals surface area (Å²) in [5, 5.41) is 12.6. The summed E-state index contributed by atoms with van der Waals surface area (Å²) < 4.78 is 10.7. The molecule has 1 saturated carbocycles. The summed E-state index contributed by atoms with van der Waals surface area (Å²) in [4.78, 5) is 24.2. The molecule has 3 rings (SSSR count). The molecule has 2 aromatic carbocycles. The van der Waals surface area contributed by atoms with E-state index >= 15 is 0 Å². The number of hydrogen-bond donors (Lipinski definition) is 1. The van der Waals surface area contributed by atoms with Gasteiger partial charge in [0.1, 0.15) is 17.9 Å². The normalized spacial score (nSPS) is 14.6. The molecular weight excluding hydrogens is 392 g/mol.